The molecule has 0 bridgehead atoms. The minimum Gasteiger partial charge on any atom is -0.256 e. The van der Waals surface area contributed by atoms with Gasteiger partial charge in [0.05, 0.1) is 24.0 Å². The van der Waals surface area contributed by atoms with Crippen LogP contribution in [0.2, 0.25) is 0 Å². The molecule has 0 amide bonds. The highest BCUT2D eigenvalue weighted by Gasteiger charge is 2.31. The van der Waals surface area contributed by atoms with Crippen LogP contribution in [0.3, 0.4) is 0 Å². The molecule has 0 atom stereocenters. The van der Waals surface area contributed by atoms with Crippen LogP contribution in [-0.2, 0) is 18.3 Å². The number of aromatic nitrogens is 5. The lowest BCUT2D eigenvalue weighted by Crippen LogP contribution is -2.20. The minimum absolute atomic E-state index is 0.125. The van der Waals surface area contributed by atoms with Gasteiger partial charge in [-0.25, -0.2) is 0 Å². The van der Waals surface area contributed by atoms with Crippen LogP contribution in [0.5, 0.6) is 0 Å². The Labute approximate surface area is 147 Å². The molecule has 4 rings (SSSR count). The Balaban J connectivity index is 2.06. The number of nitrogens with one attached hydrogen (secondary N) is 1. The quantitative estimate of drug-likeness (QED) is 0.847. The number of tetrazole rings is 1. The molecule has 0 radical (unpaired) electrons. The van der Waals surface area contributed by atoms with E-state index in [0.717, 1.165) is 29.7 Å². The summed E-state index contributed by atoms with van der Waals surface area (Å²) in [6.07, 6.45) is 7.55. The van der Waals surface area contributed by atoms with E-state index in [-0.39, 0.29) is 5.41 Å². The zero-order valence-corrected chi connectivity index (χ0v) is 15.0. The molecule has 0 unspecified atom stereocenters. The number of H-pyrrole nitrogens is 1. The summed E-state index contributed by atoms with van der Waals surface area (Å²) in [6.45, 7) is 7.15. The Kier molecular flexibility index (Phi) is 3.94. The normalized spacial score (nSPS) is 17.3. The second-order valence-electron chi connectivity index (χ2n) is 7.75. The summed E-state index contributed by atoms with van der Waals surface area (Å²) in [5, 5.41) is 23.2. The number of nitrogens with zero attached hydrogens (tertiary/aromatic N) is 6. The van der Waals surface area contributed by atoms with Gasteiger partial charge < -0.3 is 0 Å². The largest absolute Gasteiger partial charge is 0.256 e. The average molecular weight is 337 g/mol. The van der Waals surface area contributed by atoms with Gasteiger partial charge in [-0.2, -0.15) is 15.4 Å². The van der Waals surface area contributed by atoms with Crippen LogP contribution in [0.4, 0.5) is 0 Å². The standard InChI is InChI=1S/C18H23N7/c1-18(2,3)16-15(17-22-24-25-23-17)14(11-9-19-20-10-11)12-7-5-4-6-8-13(12)21-16/h9H,4-8,10H2,1-3H3,(H,22,23,24,25). The Morgan fingerprint density at radius 1 is 1.04 bits per heavy atom. The highest BCUT2D eigenvalue weighted by atomic mass is 15.5. The first-order valence-corrected chi connectivity index (χ1v) is 8.92. The van der Waals surface area contributed by atoms with E-state index in [1.807, 2.05) is 6.20 Å². The van der Waals surface area contributed by atoms with Gasteiger partial charge in [0, 0.05) is 16.7 Å². The van der Waals surface area contributed by atoms with Gasteiger partial charge >= 0.3 is 0 Å². The summed E-state index contributed by atoms with van der Waals surface area (Å²) in [6, 6.07) is 0. The third-order valence-corrected chi connectivity index (χ3v) is 4.86. The zero-order valence-electron chi connectivity index (χ0n) is 15.0. The number of aromatic amines is 1. The molecule has 0 saturated carbocycles. The molecule has 2 aromatic rings. The van der Waals surface area contributed by atoms with E-state index < -0.39 is 0 Å². The van der Waals surface area contributed by atoms with E-state index in [1.54, 1.807) is 0 Å². The van der Waals surface area contributed by atoms with Gasteiger partial charge in [0.25, 0.3) is 0 Å². The first-order chi connectivity index (χ1) is 12.1. The molecular weight excluding hydrogens is 314 g/mol. The van der Waals surface area contributed by atoms with Crippen LogP contribution < -0.4 is 0 Å². The summed E-state index contributed by atoms with van der Waals surface area (Å²) in [4.78, 5) is 5.12. The molecule has 7 nitrogen and oxygen atoms in total. The van der Waals surface area contributed by atoms with Crippen molar-refractivity contribution in [1.82, 2.24) is 25.6 Å². The molecule has 0 fully saturated rings. The van der Waals surface area contributed by atoms with E-state index in [0.29, 0.717) is 12.4 Å². The fraction of sp³-hybridized carbons (Fsp3) is 0.556. The van der Waals surface area contributed by atoms with Crippen LogP contribution in [0.15, 0.2) is 16.4 Å². The van der Waals surface area contributed by atoms with Crippen molar-refractivity contribution in [2.45, 2.75) is 58.3 Å². The Morgan fingerprint density at radius 2 is 1.88 bits per heavy atom. The molecule has 1 N–H and O–H groups in total. The highest BCUT2D eigenvalue weighted by molar-refractivity contribution is 5.84. The third kappa shape index (κ3) is 2.88. The van der Waals surface area contributed by atoms with Gasteiger partial charge in [-0.1, -0.05) is 27.2 Å². The molecule has 0 spiro atoms. The first-order valence-electron chi connectivity index (χ1n) is 8.92. The van der Waals surface area contributed by atoms with E-state index in [4.69, 9.17) is 4.98 Å². The number of pyridine rings is 1. The number of azo groups is 1. The monoisotopic (exact) mass is 337 g/mol. The molecule has 25 heavy (non-hydrogen) atoms. The summed E-state index contributed by atoms with van der Waals surface area (Å²) in [5.74, 6) is 0.604. The third-order valence-electron chi connectivity index (χ3n) is 4.86. The molecular formula is C18H23N7. The highest BCUT2D eigenvalue weighted by Crippen LogP contribution is 2.41. The van der Waals surface area contributed by atoms with Gasteiger partial charge in [-0.3, -0.25) is 4.98 Å². The van der Waals surface area contributed by atoms with E-state index in [1.165, 1.54) is 36.1 Å². The smallest absolute Gasteiger partial charge is 0.207 e. The zero-order chi connectivity index (χ0) is 17.4. The average Bonchev–Trinajstić information content (AvgIpc) is 3.22. The maximum atomic E-state index is 5.12. The topological polar surface area (TPSA) is 92.1 Å². The molecule has 2 aromatic heterocycles. The Hall–Kier alpha value is -2.44. The predicted molar refractivity (Wildman–Crippen MR) is 95.1 cm³/mol. The maximum Gasteiger partial charge on any atom is 0.207 e. The van der Waals surface area contributed by atoms with Crippen molar-refractivity contribution in [3.8, 4) is 11.4 Å². The van der Waals surface area contributed by atoms with Crippen LogP contribution >= 0.6 is 0 Å². The van der Waals surface area contributed by atoms with Crippen LogP contribution in [0.25, 0.3) is 17.0 Å². The SMILES string of the molecule is CC(C)(C)c1nc2c(c(C3=CN=NC3)c1-c1nn[nH]n1)CCCCC2. The van der Waals surface area contributed by atoms with E-state index in [9.17, 15) is 0 Å². The molecule has 2 aliphatic rings. The summed E-state index contributed by atoms with van der Waals surface area (Å²) in [5.41, 5.74) is 6.74. The number of fused-ring (bicyclic) bond motifs is 1. The lowest BCUT2D eigenvalue weighted by atomic mass is 9.82. The molecule has 0 aromatic carbocycles. The second kappa shape index (κ2) is 6.13. The lowest BCUT2D eigenvalue weighted by molar-refractivity contribution is 0.565. The Bertz CT molecular complexity index is 841. The van der Waals surface area contributed by atoms with Crippen molar-refractivity contribution >= 4 is 5.57 Å². The molecule has 1 aliphatic carbocycles. The van der Waals surface area contributed by atoms with Crippen molar-refractivity contribution in [3.63, 3.8) is 0 Å². The van der Waals surface area contributed by atoms with E-state index in [2.05, 4.69) is 51.6 Å². The fourth-order valence-corrected chi connectivity index (χ4v) is 3.71. The number of aryl methyl sites for hydroxylation is 1. The molecule has 130 valence electrons. The van der Waals surface area contributed by atoms with Crippen LogP contribution in [0, 0.1) is 0 Å². The van der Waals surface area contributed by atoms with Gasteiger partial charge in [-0.15, -0.1) is 10.2 Å². The van der Waals surface area contributed by atoms with Crippen molar-refractivity contribution in [3.05, 3.63) is 28.7 Å². The lowest BCUT2D eigenvalue weighted by Gasteiger charge is -2.26. The summed E-state index contributed by atoms with van der Waals surface area (Å²) >= 11 is 0. The molecule has 7 heteroatoms. The van der Waals surface area contributed by atoms with E-state index >= 15 is 0 Å². The summed E-state index contributed by atoms with van der Waals surface area (Å²) < 4.78 is 0. The summed E-state index contributed by atoms with van der Waals surface area (Å²) in [7, 11) is 0. The number of hydrogen-bond acceptors (Lipinski definition) is 6. The van der Waals surface area contributed by atoms with Crippen molar-refractivity contribution in [2.75, 3.05) is 6.54 Å². The van der Waals surface area contributed by atoms with Gasteiger partial charge in [0.2, 0.25) is 5.82 Å². The minimum atomic E-state index is -0.125. The molecule has 3 heterocycles. The fourth-order valence-electron chi connectivity index (χ4n) is 3.71. The van der Waals surface area contributed by atoms with Crippen LogP contribution in [-0.4, -0.2) is 32.2 Å². The van der Waals surface area contributed by atoms with Crippen molar-refractivity contribution in [2.24, 2.45) is 10.2 Å². The van der Waals surface area contributed by atoms with Crippen molar-refractivity contribution in [1.29, 1.82) is 0 Å². The Morgan fingerprint density at radius 3 is 2.56 bits per heavy atom. The molecule has 1 aliphatic heterocycles. The number of hydrogen-bond donors (Lipinski definition) is 1. The van der Waals surface area contributed by atoms with Gasteiger partial charge in [0.15, 0.2) is 0 Å². The first kappa shape index (κ1) is 16.1. The maximum absolute atomic E-state index is 5.12. The van der Waals surface area contributed by atoms with Crippen LogP contribution in [0.1, 0.15) is 62.5 Å². The molecule has 0 saturated heterocycles. The predicted octanol–water partition coefficient (Wildman–Crippen LogP) is 3.63. The number of rotatable bonds is 2. The van der Waals surface area contributed by atoms with Gasteiger partial charge in [0.1, 0.15) is 0 Å². The van der Waals surface area contributed by atoms with Gasteiger partial charge in [-0.05, 0) is 42.0 Å². The second-order valence-corrected chi connectivity index (χ2v) is 7.75. The van der Waals surface area contributed by atoms with Crippen molar-refractivity contribution < 1.29 is 0 Å².